The summed E-state index contributed by atoms with van der Waals surface area (Å²) in [7, 11) is 5.67. The van der Waals surface area contributed by atoms with E-state index in [0.29, 0.717) is 23.9 Å². The summed E-state index contributed by atoms with van der Waals surface area (Å²) in [5.41, 5.74) is 0. The third-order valence-corrected chi connectivity index (χ3v) is 2.23. The molecule has 0 rings (SSSR count). The third-order valence-electron chi connectivity index (χ3n) is 2.23. The molecule has 18 heavy (non-hydrogen) atoms. The molecule has 0 aliphatic carbocycles. The van der Waals surface area contributed by atoms with Gasteiger partial charge in [0.1, 0.15) is 6.54 Å². The van der Waals surface area contributed by atoms with Crippen molar-refractivity contribution < 1.29 is 29.0 Å². The van der Waals surface area contributed by atoms with Crippen molar-refractivity contribution in [3.05, 3.63) is 0 Å². The number of unbranched alkanes of at least 4 members (excludes halogenated alkanes) is 1. The number of carboxylic acid groups (broad SMARTS) is 1. The molecule has 0 fully saturated rings. The Morgan fingerprint density at radius 2 is 1.89 bits per heavy atom. The number of carbonyl (C=O) groups is 2. The largest absolute Gasteiger partial charge is 0.550 e. The average molecular weight is 261 g/mol. The molecule has 0 saturated heterocycles. The van der Waals surface area contributed by atoms with Crippen molar-refractivity contribution in [3.8, 4) is 0 Å². The molecule has 1 unspecified atom stereocenters. The van der Waals surface area contributed by atoms with Gasteiger partial charge < -0.3 is 24.2 Å². The second-order valence-electron chi connectivity index (χ2n) is 5.34. The SMILES string of the molecule is C[N+](C)(C)CC(CC(=O)[O-])OC(=O)CCCCO. The molecule has 0 aromatic carbocycles. The lowest BCUT2D eigenvalue weighted by Gasteiger charge is -2.29. The molecule has 0 aromatic heterocycles. The highest BCUT2D eigenvalue weighted by atomic mass is 16.5. The monoisotopic (exact) mass is 261 g/mol. The van der Waals surface area contributed by atoms with Gasteiger partial charge in [0.2, 0.25) is 0 Å². The van der Waals surface area contributed by atoms with Crippen molar-refractivity contribution in [1.29, 1.82) is 0 Å². The van der Waals surface area contributed by atoms with Crippen LogP contribution in [0.4, 0.5) is 0 Å². The van der Waals surface area contributed by atoms with Crippen molar-refractivity contribution in [2.24, 2.45) is 0 Å². The van der Waals surface area contributed by atoms with Crippen LogP contribution in [0.5, 0.6) is 0 Å². The first-order valence-electron chi connectivity index (χ1n) is 6.05. The third kappa shape index (κ3) is 10.0. The number of hydrogen-bond acceptors (Lipinski definition) is 5. The van der Waals surface area contributed by atoms with E-state index in [-0.39, 0.29) is 19.4 Å². The highest BCUT2D eigenvalue weighted by Gasteiger charge is 2.22. The minimum Gasteiger partial charge on any atom is -0.550 e. The summed E-state index contributed by atoms with van der Waals surface area (Å²) < 4.78 is 5.63. The Morgan fingerprint density at radius 3 is 2.33 bits per heavy atom. The van der Waals surface area contributed by atoms with Crippen LogP contribution < -0.4 is 5.11 Å². The Balaban J connectivity index is 4.22. The number of quaternary nitrogens is 1. The quantitative estimate of drug-likeness (QED) is 0.324. The highest BCUT2D eigenvalue weighted by Crippen LogP contribution is 2.07. The summed E-state index contributed by atoms with van der Waals surface area (Å²) in [4.78, 5) is 22.1. The van der Waals surface area contributed by atoms with Gasteiger partial charge >= 0.3 is 5.97 Å². The molecule has 0 aliphatic rings. The van der Waals surface area contributed by atoms with Gasteiger partial charge in [0.05, 0.1) is 21.1 Å². The number of aliphatic hydroxyl groups is 1. The van der Waals surface area contributed by atoms with E-state index in [4.69, 9.17) is 9.84 Å². The molecule has 0 bridgehead atoms. The Labute approximate surface area is 108 Å². The van der Waals surface area contributed by atoms with Crippen LogP contribution in [0, 0.1) is 0 Å². The first kappa shape index (κ1) is 16.9. The molecule has 106 valence electrons. The van der Waals surface area contributed by atoms with Gasteiger partial charge in [-0.25, -0.2) is 0 Å². The molecular weight excluding hydrogens is 238 g/mol. The van der Waals surface area contributed by atoms with Crippen molar-refractivity contribution in [2.75, 3.05) is 34.3 Å². The van der Waals surface area contributed by atoms with Crippen LogP contribution in [0.2, 0.25) is 0 Å². The molecule has 6 nitrogen and oxygen atoms in total. The Bertz CT molecular complexity index is 272. The molecule has 6 heteroatoms. The number of nitrogens with zero attached hydrogens (tertiary/aromatic N) is 1. The average Bonchev–Trinajstić information content (AvgIpc) is 2.13. The van der Waals surface area contributed by atoms with Gasteiger partial charge in [-0.05, 0) is 12.8 Å². The Morgan fingerprint density at radius 1 is 1.28 bits per heavy atom. The lowest BCUT2D eigenvalue weighted by atomic mass is 10.2. The zero-order chi connectivity index (χ0) is 14.2. The predicted molar refractivity (Wildman–Crippen MR) is 63.3 cm³/mol. The Kier molecular flexibility index (Phi) is 7.54. The Hall–Kier alpha value is -1.14. The number of carbonyl (C=O) groups excluding carboxylic acids is 2. The first-order chi connectivity index (χ1) is 8.24. The number of likely N-dealkylation sites (N-methyl/N-ethyl adjacent to an activating group) is 1. The smallest absolute Gasteiger partial charge is 0.306 e. The second-order valence-corrected chi connectivity index (χ2v) is 5.34. The molecule has 0 saturated carbocycles. The van der Waals surface area contributed by atoms with Crippen molar-refractivity contribution >= 4 is 11.9 Å². The molecule has 1 atom stereocenters. The normalized spacial score (nSPS) is 13.1. The van der Waals surface area contributed by atoms with Crippen LogP contribution in [0.25, 0.3) is 0 Å². The van der Waals surface area contributed by atoms with Crippen molar-refractivity contribution in [1.82, 2.24) is 0 Å². The van der Waals surface area contributed by atoms with Gasteiger partial charge in [-0.15, -0.1) is 0 Å². The number of carboxylic acids is 1. The van der Waals surface area contributed by atoms with E-state index in [2.05, 4.69) is 0 Å². The summed E-state index contributed by atoms with van der Waals surface area (Å²) in [6.45, 7) is 0.453. The fourth-order valence-electron chi connectivity index (χ4n) is 1.57. The zero-order valence-electron chi connectivity index (χ0n) is 11.3. The fraction of sp³-hybridized carbons (Fsp3) is 0.833. The van der Waals surface area contributed by atoms with Gasteiger partial charge in [0.25, 0.3) is 0 Å². The van der Waals surface area contributed by atoms with E-state index in [1.54, 1.807) is 0 Å². The van der Waals surface area contributed by atoms with Crippen LogP contribution in [-0.4, -0.2) is 61.9 Å². The lowest BCUT2D eigenvalue weighted by Crippen LogP contribution is -2.45. The van der Waals surface area contributed by atoms with Crippen LogP contribution >= 0.6 is 0 Å². The zero-order valence-corrected chi connectivity index (χ0v) is 11.3. The lowest BCUT2D eigenvalue weighted by molar-refractivity contribution is -0.873. The molecule has 0 aliphatic heterocycles. The van der Waals surface area contributed by atoms with E-state index >= 15 is 0 Å². The fourth-order valence-corrected chi connectivity index (χ4v) is 1.57. The summed E-state index contributed by atoms with van der Waals surface area (Å²) in [5.74, 6) is -1.65. The highest BCUT2D eigenvalue weighted by molar-refractivity contribution is 5.70. The van der Waals surface area contributed by atoms with Crippen LogP contribution in [-0.2, 0) is 14.3 Å². The number of hydrogen-bond donors (Lipinski definition) is 1. The van der Waals surface area contributed by atoms with Crippen molar-refractivity contribution in [2.45, 2.75) is 31.8 Å². The number of rotatable bonds is 9. The molecular formula is C12H23NO5. The molecule has 0 heterocycles. The number of esters is 1. The van der Waals surface area contributed by atoms with E-state index in [1.807, 2.05) is 21.1 Å². The number of ether oxygens (including phenoxy) is 1. The maximum atomic E-state index is 11.5. The summed E-state index contributed by atoms with van der Waals surface area (Å²) in [6, 6.07) is 0. The molecule has 0 spiro atoms. The molecule has 0 amide bonds. The number of aliphatic carboxylic acids is 1. The van der Waals surface area contributed by atoms with Crippen molar-refractivity contribution in [3.63, 3.8) is 0 Å². The van der Waals surface area contributed by atoms with E-state index in [0.717, 1.165) is 0 Å². The predicted octanol–water partition coefficient (Wildman–Crippen LogP) is -1.09. The molecule has 1 N–H and O–H groups in total. The van der Waals surface area contributed by atoms with Crippen LogP contribution in [0.15, 0.2) is 0 Å². The first-order valence-corrected chi connectivity index (χ1v) is 6.05. The van der Waals surface area contributed by atoms with E-state index < -0.39 is 18.0 Å². The summed E-state index contributed by atoms with van der Waals surface area (Å²) >= 11 is 0. The van der Waals surface area contributed by atoms with E-state index in [1.165, 1.54) is 0 Å². The van der Waals surface area contributed by atoms with Gasteiger partial charge in [-0.3, -0.25) is 4.79 Å². The van der Waals surface area contributed by atoms with Crippen LogP contribution in [0.1, 0.15) is 25.7 Å². The maximum absolute atomic E-state index is 11.5. The molecule has 0 radical (unpaired) electrons. The summed E-state index contributed by atoms with van der Waals surface area (Å²) in [6.07, 6.45) is 0.312. The standard InChI is InChI=1S/C12H23NO5/c1-13(2,3)9-10(8-11(15)16)18-12(17)6-4-5-7-14/h10,14H,4-9H2,1-3H3. The van der Waals surface area contributed by atoms with Gasteiger partial charge in [-0.2, -0.15) is 0 Å². The van der Waals surface area contributed by atoms with Gasteiger partial charge in [-0.1, -0.05) is 0 Å². The maximum Gasteiger partial charge on any atom is 0.306 e. The van der Waals surface area contributed by atoms with E-state index in [9.17, 15) is 14.7 Å². The van der Waals surface area contributed by atoms with Crippen LogP contribution in [0.3, 0.4) is 0 Å². The van der Waals surface area contributed by atoms with Gasteiger partial charge in [0.15, 0.2) is 6.10 Å². The van der Waals surface area contributed by atoms with Gasteiger partial charge in [0, 0.05) is 25.4 Å². The number of aliphatic hydroxyl groups excluding tert-OH is 1. The second kappa shape index (κ2) is 8.05. The summed E-state index contributed by atoms with van der Waals surface area (Å²) in [5, 5.41) is 19.2. The topological polar surface area (TPSA) is 86.7 Å². The minimum atomic E-state index is -1.23. The molecule has 0 aromatic rings. The minimum absolute atomic E-state index is 0.0363.